The summed E-state index contributed by atoms with van der Waals surface area (Å²) in [5.41, 5.74) is 6.23. The van der Waals surface area contributed by atoms with Gasteiger partial charge in [-0.25, -0.2) is 13.2 Å². The number of amides is 2. The lowest BCUT2D eigenvalue weighted by Crippen LogP contribution is -2.37. The van der Waals surface area contributed by atoms with Crippen LogP contribution in [0.4, 0.5) is 10.5 Å². The second-order valence-corrected chi connectivity index (χ2v) is 10.4. The molecule has 4 rings (SSSR count). The predicted octanol–water partition coefficient (Wildman–Crippen LogP) is 3.53. The van der Waals surface area contributed by atoms with Crippen molar-refractivity contribution >= 4 is 21.6 Å². The molecule has 6 heteroatoms. The summed E-state index contributed by atoms with van der Waals surface area (Å²) in [6, 6.07) is 11.4. The first kappa shape index (κ1) is 19.0. The molecule has 2 heterocycles. The Morgan fingerprint density at radius 2 is 1.54 bits per heavy atom. The fourth-order valence-corrected chi connectivity index (χ4v) is 6.46. The number of urea groups is 1. The molecule has 2 amide bonds. The van der Waals surface area contributed by atoms with Crippen LogP contribution in [-0.2, 0) is 16.4 Å². The van der Waals surface area contributed by atoms with E-state index < -0.39 is 9.84 Å². The van der Waals surface area contributed by atoms with Crippen LogP contribution in [0.5, 0.6) is 0 Å². The van der Waals surface area contributed by atoms with Gasteiger partial charge in [0.05, 0.1) is 23.6 Å². The number of carbonyl (C=O) groups excluding carboxylic acids is 1. The summed E-state index contributed by atoms with van der Waals surface area (Å²) in [7, 11) is -3.17. The first-order valence-electron chi connectivity index (χ1n) is 9.59. The van der Waals surface area contributed by atoms with Gasteiger partial charge in [0.1, 0.15) is 0 Å². The van der Waals surface area contributed by atoms with Crippen molar-refractivity contribution in [1.29, 1.82) is 0 Å². The minimum absolute atomic E-state index is 0.0275. The average Bonchev–Trinajstić information content (AvgIpc) is 3.01. The Morgan fingerprint density at radius 3 is 2.21 bits per heavy atom. The van der Waals surface area contributed by atoms with Crippen LogP contribution in [-0.4, -0.2) is 42.9 Å². The average molecular weight is 399 g/mol. The maximum atomic E-state index is 13.4. The normalized spacial score (nSPS) is 23.4. The van der Waals surface area contributed by atoms with Crippen LogP contribution in [0.15, 0.2) is 36.4 Å². The topological polar surface area (TPSA) is 57.7 Å². The molecule has 0 saturated carbocycles. The highest BCUT2D eigenvalue weighted by atomic mass is 32.2. The molecule has 2 aliphatic rings. The molecule has 0 aliphatic carbocycles. The zero-order valence-electron chi connectivity index (χ0n) is 16.8. The monoisotopic (exact) mass is 398 g/mol. The van der Waals surface area contributed by atoms with Gasteiger partial charge in [-0.05, 0) is 62.1 Å². The molecule has 2 saturated heterocycles. The van der Waals surface area contributed by atoms with E-state index in [0.29, 0.717) is 6.54 Å². The highest BCUT2D eigenvalue weighted by molar-refractivity contribution is 7.91. The minimum atomic E-state index is -3.17. The quantitative estimate of drug-likeness (QED) is 0.743. The van der Waals surface area contributed by atoms with Gasteiger partial charge in [0.15, 0.2) is 9.84 Å². The largest absolute Gasteiger partial charge is 0.325 e. The van der Waals surface area contributed by atoms with E-state index in [9.17, 15) is 13.2 Å². The lowest BCUT2D eigenvalue weighted by atomic mass is 10.0. The first-order chi connectivity index (χ1) is 13.1. The molecule has 0 N–H and O–H groups in total. The highest BCUT2D eigenvalue weighted by Crippen LogP contribution is 2.37. The van der Waals surface area contributed by atoms with Crippen molar-refractivity contribution < 1.29 is 13.2 Å². The van der Waals surface area contributed by atoms with Crippen LogP contribution in [0.2, 0.25) is 0 Å². The van der Waals surface area contributed by atoms with E-state index in [1.807, 2.05) is 39.8 Å². The third-order valence-corrected chi connectivity index (χ3v) is 7.51. The second kappa shape index (κ2) is 6.62. The molecule has 2 atom stereocenters. The molecule has 0 aromatic heterocycles. The Bertz CT molecular complexity index is 1040. The lowest BCUT2D eigenvalue weighted by Gasteiger charge is -2.24. The van der Waals surface area contributed by atoms with Gasteiger partial charge in [-0.1, -0.05) is 29.8 Å². The number of hydrogen-bond donors (Lipinski definition) is 0. The zero-order valence-corrected chi connectivity index (χ0v) is 17.6. The number of aryl methyl sites for hydroxylation is 4. The maximum Gasteiger partial charge on any atom is 0.325 e. The van der Waals surface area contributed by atoms with Gasteiger partial charge in [0.25, 0.3) is 0 Å². The van der Waals surface area contributed by atoms with E-state index in [1.165, 1.54) is 0 Å². The van der Waals surface area contributed by atoms with Gasteiger partial charge in [-0.2, -0.15) is 0 Å². The van der Waals surface area contributed by atoms with Crippen molar-refractivity contribution in [2.75, 3.05) is 16.4 Å². The number of hydrogen-bond acceptors (Lipinski definition) is 3. The van der Waals surface area contributed by atoms with E-state index in [4.69, 9.17) is 0 Å². The van der Waals surface area contributed by atoms with Gasteiger partial charge in [0.2, 0.25) is 0 Å². The molecule has 2 fully saturated rings. The van der Waals surface area contributed by atoms with Gasteiger partial charge in [-0.15, -0.1) is 0 Å². The molecule has 2 aromatic rings. The molecule has 0 unspecified atom stereocenters. The van der Waals surface area contributed by atoms with Crippen LogP contribution in [0, 0.1) is 27.7 Å². The van der Waals surface area contributed by atoms with Crippen LogP contribution in [0.3, 0.4) is 0 Å². The summed E-state index contributed by atoms with van der Waals surface area (Å²) >= 11 is 0. The predicted molar refractivity (Wildman–Crippen MR) is 111 cm³/mol. The lowest BCUT2D eigenvalue weighted by molar-refractivity contribution is 0.205. The van der Waals surface area contributed by atoms with E-state index in [-0.39, 0.29) is 29.6 Å². The van der Waals surface area contributed by atoms with E-state index >= 15 is 0 Å². The van der Waals surface area contributed by atoms with Crippen LogP contribution >= 0.6 is 0 Å². The summed E-state index contributed by atoms with van der Waals surface area (Å²) in [5, 5.41) is 0. The summed E-state index contributed by atoms with van der Waals surface area (Å²) < 4.78 is 24.8. The molecule has 5 nitrogen and oxygen atoms in total. The highest BCUT2D eigenvalue weighted by Gasteiger charge is 2.53. The molecule has 2 aromatic carbocycles. The summed E-state index contributed by atoms with van der Waals surface area (Å²) in [4.78, 5) is 16.9. The number of rotatable bonds is 3. The molecule has 148 valence electrons. The molecular formula is C22H26N2O3S. The van der Waals surface area contributed by atoms with E-state index in [0.717, 1.165) is 33.5 Å². The van der Waals surface area contributed by atoms with Crippen molar-refractivity contribution in [2.24, 2.45) is 0 Å². The van der Waals surface area contributed by atoms with E-state index in [2.05, 4.69) is 24.3 Å². The van der Waals surface area contributed by atoms with Crippen LogP contribution in [0.1, 0.15) is 27.8 Å². The zero-order chi connectivity index (χ0) is 20.2. The fraction of sp³-hybridized carbons (Fsp3) is 0.409. The Balaban J connectivity index is 1.75. The molecule has 28 heavy (non-hydrogen) atoms. The molecule has 0 radical (unpaired) electrons. The van der Waals surface area contributed by atoms with Crippen LogP contribution in [0.25, 0.3) is 0 Å². The summed E-state index contributed by atoms with van der Waals surface area (Å²) in [6.07, 6.45) is 0. The molecular weight excluding hydrogens is 372 g/mol. The van der Waals surface area contributed by atoms with Gasteiger partial charge >= 0.3 is 6.03 Å². The number of fused-ring (bicyclic) bond motifs is 1. The standard InChI is InChI=1S/C22H26N2O3S/c1-14-5-6-17(4)18(8-14)11-23-20-12-28(26,27)13-21(20)24(22(23)25)19-9-15(2)7-16(3)10-19/h5-10,20-21H,11-13H2,1-4H3/t20-,21+/m1/s1. The number of benzene rings is 2. The van der Waals surface area contributed by atoms with Crippen molar-refractivity contribution in [3.05, 3.63) is 64.2 Å². The molecule has 2 aliphatic heterocycles. The van der Waals surface area contributed by atoms with Crippen molar-refractivity contribution in [2.45, 2.75) is 46.3 Å². The van der Waals surface area contributed by atoms with Crippen molar-refractivity contribution in [1.82, 2.24) is 4.90 Å². The minimum Gasteiger partial charge on any atom is -0.314 e. The number of carbonyl (C=O) groups is 1. The summed E-state index contributed by atoms with van der Waals surface area (Å²) in [5.74, 6) is 0.0647. The maximum absolute atomic E-state index is 13.4. The number of anilines is 1. The Kier molecular flexibility index (Phi) is 4.49. The Labute approximate surface area is 166 Å². The number of sulfone groups is 1. The molecule has 0 bridgehead atoms. The third-order valence-electron chi connectivity index (χ3n) is 5.81. The van der Waals surface area contributed by atoms with Crippen LogP contribution < -0.4 is 4.90 Å². The second-order valence-electron chi connectivity index (χ2n) is 8.27. The first-order valence-corrected chi connectivity index (χ1v) is 11.4. The fourth-order valence-electron chi connectivity index (χ4n) is 4.51. The Hall–Kier alpha value is -2.34. The SMILES string of the molecule is Cc1cc(C)cc(N2C(=O)N(Cc3cc(C)ccc3C)[C@@H]3CS(=O)(=O)C[C@@H]32)c1. The van der Waals surface area contributed by atoms with Crippen molar-refractivity contribution in [3.8, 4) is 0 Å². The smallest absolute Gasteiger partial charge is 0.314 e. The van der Waals surface area contributed by atoms with Gasteiger partial charge in [0, 0.05) is 12.2 Å². The van der Waals surface area contributed by atoms with E-state index in [1.54, 1.807) is 9.80 Å². The van der Waals surface area contributed by atoms with Gasteiger partial charge in [-0.3, -0.25) is 4.90 Å². The summed E-state index contributed by atoms with van der Waals surface area (Å²) in [6.45, 7) is 8.48. The van der Waals surface area contributed by atoms with Gasteiger partial charge < -0.3 is 4.90 Å². The van der Waals surface area contributed by atoms with Crippen molar-refractivity contribution in [3.63, 3.8) is 0 Å². The molecule has 0 spiro atoms. The number of nitrogens with zero attached hydrogens (tertiary/aromatic N) is 2. The Morgan fingerprint density at radius 1 is 0.893 bits per heavy atom. The third kappa shape index (κ3) is 3.30.